The lowest BCUT2D eigenvalue weighted by Crippen LogP contribution is -1.88. The molecule has 0 aliphatic heterocycles. The Bertz CT molecular complexity index is 199. The summed E-state index contributed by atoms with van der Waals surface area (Å²) >= 11 is 3.12. The largest absolute Gasteiger partial charge is 0.192 e. The molecule has 0 fully saturated rings. The van der Waals surface area contributed by atoms with Crippen LogP contribution in [-0.2, 0) is 0 Å². The maximum absolute atomic E-state index is 8.35. The molecule has 4 heteroatoms. The molecule has 0 aromatic heterocycles. The van der Waals surface area contributed by atoms with Crippen LogP contribution in [0.5, 0.6) is 0 Å². The minimum atomic E-state index is 0.111. The zero-order chi connectivity index (χ0) is 7.98. The van der Waals surface area contributed by atoms with Crippen LogP contribution in [0.15, 0.2) is 11.1 Å². The van der Waals surface area contributed by atoms with Gasteiger partial charge in [-0.1, -0.05) is 22.3 Å². The van der Waals surface area contributed by atoms with Crippen molar-refractivity contribution in [1.82, 2.24) is 0 Å². The summed E-state index contributed by atoms with van der Waals surface area (Å²) in [5.41, 5.74) is 0.754. The lowest BCUT2D eigenvalue weighted by molar-refractivity contribution is 1.34. The topological polar surface area (TPSA) is 47.6 Å². The molecule has 0 aromatic carbocycles. The third kappa shape index (κ3) is 2.25. The van der Waals surface area contributed by atoms with Gasteiger partial charge < -0.3 is 0 Å². The fraction of sp³-hybridized carbons (Fsp3) is 0.333. The molecular weight excluding hydrogens is 191 g/mol. The van der Waals surface area contributed by atoms with Gasteiger partial charge >= 0.3 is 0 Å². The molecule has 10 heavy (non-hydrogen) atoms. The van der Waals surface area contributed by atoms with Crippen LogP contribution >= 0.6 is 15.9 Å². The van der Waals surface area contributed by atoms with E-state index in [1.807, 2.05) is 0 Å². The van der Waals surface area contributed by atoms with E-state index in [0.717, 1.165) is 0 Å². The predicted octanol–water partition coefficient (Wildman–Crippen LogP) is 1.31. The van der Waals surface area contributed by atoms with Gasteiger partial charge in [-0.05, 0) is 5.57 Å². The van der Waals surface area contributed by atoms with Crippen LogP contribution in [0, 0.1) is 22.7 Å². The van der Waals surface area contributed by atoms with Crippen molar-refractivity contribution < 1.29 is 0 Å². The summed E-state index contributed by atoms with van der Waals surface area (Å²) in [5, 5.41) is 17.2. The first-order valence-electron chi connectivity index (χ1n) is 2.58. The zero-order valence-electron chi connectivity index (χ0n) is 5.26. The molecule has 0 saturated heterocycles. The first-order valence-corrected chi connectivity index (χ1v) is 3.70. The first kappa shape index (κ1) is 9.26. The molecule has 0 amide bonds. The quantitative estimate of drug-likeness (QED) is 0.378. The lowest BCUT2D eigenvalue weighted by Gasteiger charge is -1.95. The van der Waals surface area contributed by atoms with E-state index in [4.69, 9.17) is 18.4 Å². The number of rotatable bonds is 2. The van der Waals surface area contributed by atoms with Gasteiger partial charge in [-0.25, -0.2) is 0 Å². The van der Waals surface area contributed by atoms with Crippen molar-refractivity contribution in [1.29, 1.82) is 10.5 Å². The van der Waals surface area contributed by atoms with Crippen molar-refractivity contribution in [2.45, 2.75) is 6.32 Å². The standard InChI is InChI=1S/C6H4BBrN2/c7-1-5(2-8)6(3-9)4-10/h1-2H2. The highest BCUT2D eigenvalue weighted by molar-refractivity contribution is 9.09. The van der Waals surface area contributed by atoms with Crippen LogP contribution in [0.2, 0.25) is 6.32 Å². The molecule has 0 aromatic rings. The molecule has 0 bridgehead atoms. The Balaban J connectivity index is 4.62. The maximum atomic E-state index is 8.35. The third-order valence-electron chi connectivity index (χ3n) is 0.985. The summed E-state index contributed by atoms with van der Waals surface area (Å²) in [6, 6.07) is 3.52. The lowest BCUT2D eigenvalue weighted by atomic mass is 9.95. The number of nitriles is 2. The van der Waals surface area contributed by atoms with Crippen molar-refractivity contribution in [2.24, 2.45) is 0 Å². The smallest absolute Gasteiger partial charge is 0.128 e. The van der Waals surface area contributed by atoms with E-state index in [1.165, 1.54) is 0 Å². The van der Waals surface area contributed by atoms with Gasteiger partial charge in [0, 0.05) is 5.33 Å². The number of halogens is 1. The van der Waals surface area contributed by atoms with Gasteiger partial charge in [0.2, 0.25) is 0 Å². The second-order valence-corrected chi connectivity index (χ2v) is 2.10. The van der Waals surface area contributed by atoms with E-state index in [9.17, 15) is 0 Å². The van der Waals surface area contributed by atoms with Gasteiger partial charge in [0.25, 0.3) is 0 Å². The van der Waals surface area contributed by atoms with Crippen molar-refractivity contribution in [3.8, 4) is 12.1 Å². The molecule has 0 atom stereocenters. The van der Waals surface area contributed by atoms with E-state index in [-0.39, 0.29) is 11.9 Å². The predicted molar refractivity (Wildman–Crippen MR) is 42.6 cm³/mol. The third-order valence-corrected chi connectivity index (χ3v) is 1.66. The number of nitrogens with zero attached hydrogens (tertiary/aromatic N) is 2. The Labute approximate surface area is 69.7 Å². The van der Waals surface area contributed by atoms with Gasteiger partial charge in [-0.15, -0.1) is 0 Å². The van der Waals surface area contributed by atoms with Crippen molar-refractivity contribution in [3.05, 3.63) is 11.1 Å². The molecule has 0 aliphatic carbocycles. The van der Waals surface area contributed by atoms with Gasteiger partial charge in [0.15, 0.2) is 0 Å². The molecule has 0 spiro atoms. The van der Waals surface area contributed by atoms with Crippen molar-refractivity contribution in [2.75, 3.05) is 5.33 Å². The van der Waals surface area contributed by atoms with Crippen molar-refractivity contribution in [3.63, 3.8) is 0 Å². The fourth-order valence-corrected chi connectivity index (χ4v) is 0.916. The summed E-state index contributed by atoms with van der Waals surface area (Å²) in [7, 11) is 5.25. The van der Waals surface area contributed by atoms with E-state index in [2.05, 4.69) is 15.9 Å². The monoisotopic (exact) mass is 194 g/mol. The minimum Gasteiger partial charge on any atom is -0.192 e. The number of alkyl halides is 1. The van der Waals surface area contributed by atoms with E-state index in [0.29, 0.717) is 10.9 Å². The van der Waals surface area contributed by atoms with Crippen molar-refractivity contribution >= 4 is 23.8 Å². The van der Waals surface area contributed by atoms with Crippen LogP contribution in [0.3, 0.4) is 0 Å². The average molecular weight is 195 g/mol. The van der Waals surface area contributed by atoms with Crippen LogP contribution in [-0.4, -0.2) is 13.2 Å². The Morgan fingerprint density at radius 3 is 2.00 bits per heavy atom. The number of hydrogen-bond acceptors (Lipinski definition) is 2. The highest BCUT2D eigenvalue weighted by atomic mass is 79.9. The Morgan fingerprint density at radius 1 is 1.40 bits per heavy atom. The van der Waals surface area contributed by atoms with Crippen LogP contribution in [0.1, 0.15) is 0 Å². The summed E-state index contributed by atoms with van der Waals surface area (Å²) in [6.45, 7) is 0. The molecule has 0 saturated carbocycles. The van der Waals surface area contributed by atoms with Gasteiger partial charge in [0.05, 0.1) is 7.85 Å². The molecule has 0 heterocycles. The summed E-state index contributed by atoms with van der Waals surface area (Å²) in [6.07, 6.45) is 0.252. The maximum Gasteiger partial charge on any atom is 0.128 e. The van der Waals surface area contributed by atoms with Crippen LogP contribution in [0.25, 0.3) is 0 Å². The first-order chi connectivity index (χ1) is 4.79. The molecular formula is C6H4BBrN2. The minimum absolute atomic E-state index is 0.111. The highest BCUT2D eigenvalue weighted by Crippen LogP contribution is 2.09. The molecule has 2 radical (unpaired) electrons. The average Bonchev–Trinajstić information content (AvgIpc) is 2.00. The second-order valence-electron chi connectivity index (χ2n) is 1.54. The van der Waals surface area contributed by atoms with E-state index >= 15 is 0 Å². The van der Waals surface area contributed by atoms with E-state index in [1.54, 1.807) is 12.1 Å². The van der Waals surface area contributed by atoms with Crippen LogP contribution in [0.4, 0.5) is 0 Å². The zero-order valence-corrected chi connectivity index (χ0v) is 6.85. The van der Waals surface area contributed by atoms with Crippen LogP contribution < -0.4 is 0 Å². The Hall–Kier alpha value is -0.735. The molecule has 0 aliphatic rings. The SMILES string of the molecule is [B]CC(CBr)=C(C#N)C#N. The summed E-state index contributed by atoms with van der Waals surface area (Å²) < 4.78 is 0. The Morgan fingerprint density at radius 2 is 1.90 bits per heavy atom. The fourth-order valence-electron chi connectivity index (χ4n) is 0.407. The van der Waals surface area contributed by atoms with Gasteiger partial charge in [-0.2, -0.15) is 10.5 Å². The van der Waals surface area contributed by atoms with E-state index < -0.39 is 0 Å². The number of hydrogen-bond donors (Lipinski definition) is 0. The van der Waals surface area contributed by atoms with Gasteiger partial charge in [0.1, 0.15) is 17.7 Å². The second kappa shape index (κ2) is 5.08. The van der Waals surface area contributed by atoms with Gasteiger partial charge in [-0.3, -0.25) is 0 Å². The number of allylic oxidation sites excluding steroid dienone is 2. The molecule has 0 N–H and O–H groups in total. The molecule has 48 valence electrons. The molecule has 2 nitrogen and oxygen atoms in total. The summed E-state index contributed by atoms with van der Waals surface area (Å²) in [4.78, 5) is 0. The highest BCUT2D eigenvalue weighted by Gasteiger charge is 2.00. The normalized spacial score (nSPS) is 7.50. The summed E-state index contributed by atoms with van der Waals surface area (Å²) in [5.74, 6) is 0. The molecule has 0 unspecified atom stereocenters. The Kier molecular flexibility index (Phi) is 4.71. The molecule has 0 rings (SSSR count).